The van der Waals surface area contributed by atoms with Gasteiger partial charge in [-0.05, 0) is 23.3 Å². The summed E-state index contributed by atoms with van der Waals surface area (Å²) in [5.74, 6) is -0.589. The van der Waals surface area contributed by atoms with Crippen LogP contribution in [0.15, 0.2) is 59.8 Å². The molecule has 28 heavy (non-hydrogen) atoms. The zero-order chi connectivity index (χ0) is 19.5. The molecule has 6 nitrogen and oxygen atoms in total. The minimum Gasteiger partial charge on any atom is -0.361 e. The van der Waals surface area contributed by atoms with Crippen molar-refractivity contribution < 1.29 is 9.59 Å². The van der Waals surface area contributed by atoms with Gasteiger partial charge < -0.3 is 10.3 Å². The molecule has 2 aromatic carbocycles. The van der Waals surface area contributed by atoms with Crippen molar-refractivity contribution in [2.45, 2.75) is 18.8 Å². The van der Waals surface area contributed by atoms with E-state index in [4.69, 9.17) is 11.6 Å². The van der Waals surface area contributed by atoms with Crippen molar-refractivity contribution >= 4 is 40.0 Å². The number of carbonyl (C=O) groups is 2. The van der Waals surface area contributed by atoms with E-state index in [9.17, 15) is 9.59 Å². The molecule has 0 saturated heterocycles. The highest BCUT2D eigenvalue weighted by molar-refractivity contribution is 6.39. The molecule has 0 spiro atoms. The van der Waals surface area contributed by atoms with E-state index in [0.717, 1.165) is 22.0 Å². The molecule has 1 aliphatic heterocycles. The SMILES string of the molecule is O=C1CCC(C(=O)NC[C@H](c2ccccc2Cl)c2c[nH]c3ccccc23)=NN1. The standard InChI is InChI=1S/C21H19ClN4O2/c22-17-7-3-1-5-13(17)15(16-11-23-18-8-4-2-6-14(16)18)12-24-21(28)19-9-10-20(27)26-25-19/h1-8,11,15,23H,9-10,12H2,(H,24,28)(H,26,27)/t15-/m1/s1. The monoisotopic (exact) mass is 394 g/mol. The minimum atomic E-state index is -0.281. The summed E-state index contributed by atoms with van der Waals surface area (Å²) in [6.07, 6.45) is 2.56. The van der Waals surface area contributed by atoms with E-state index in [1.807, 2.05) is 54.7 Å². The molecule has 142 valence electrons. The molecule has 4 rings (SSSR count). The number of hydrogen-bond donors (Lipinski definition) is 3. The molecule has 0 fully saturated rings. The fourth-order valence-corrected chi connectivity index (χ4v) is 3.73. The van der Waals surface area contributed by atoms with Gasteiger partial charge in [-0.15, -0.1) is 0 Å². The number of aromatic nitrogens is 1. The third-order valence-corrected chi connectivity index (χ3v) is 5.25. The van der Waals surface area contributed by atoms with Crippen LogP contribution in [-0.2, 0) is 9.59 Å². The Morgan fingerprint density at radius 3 is 2.68 bits per heavy atom. The Labute approximate surface area is 167 Å². The van der Waals surface area contributed by atoms with E-state index in [1.54, 1.807) is 0 Å². The summed E-state index contributed by atoms with van der Waals surface area (Å²) in [4.78, 5) is 27.0. The molecule has 0 unspecified atom stereocenters. The summed E-state index contributed by atoms with van der Waals surface area (Å²) in [6, 6.07) is 15.7. The Bertz CT molecular complexity index is 1070. The molecule has 0 aliphatic carbocycles. The number of H-pyrrole nitrogens is 1. The number of rotatable bonds is 5. The number of nitrogens with one attached hydrogen (secondary N) is 3. The van der Waals surface area contributed by atoms with Crippen molar-refractivity contribution in [3.05, 3.63) is 70.9 Å². The first-order valence-electron chi connectivity index (χ1n) is 9.07. The van der Waals surface area contributed by atoms with E-state index in [2.05, 4.69) is 20.8 Å². The summed E-state index contributed by atoms with van der Waals surface area (Å²) in [5, 5.41) is 8.55. The number of hydrogen-bond acceptors (Lipinski definition) is 3. The average molecular weight is 395 g/mol. The van der Waals surface area contributed by atoms with Crippen LogP contribution in [0.5, 0.6) is 0 Å². The third kappa shape index (κ3) is 3.64. The van der Waals surface area contributed by atoms with Crippen molar-refractivity contribution in [2.24, 2.45) is 5.10 Å². The lowest BCUT2D eigenvalue weighted by Gasteiger charge is -2.20. The highest BCUT2D eigenvalue weighted by atomic mass is 35.5. The van der Waals surface area contributed by atoms with Crippen molar-refractivity contribution in [2.75, 3.05) is 6.54 Å². The number of nitrogens with zero attached hydrogens (tertiary/aromatic N) is 1. The summed E-state index contributed by atoms with van der Waals surface area (Å²) in [7, 11) is 0. The number of benzene rings is 2. The third-order valence-electron chi connectivity index (χ3n) is 4.91. The molecule has 2 heterocycles. The van der Waals surface area contributed by atoms with Crippen molar-refractivity contribution in [3.8, 4) is 0 Å². The van der Waals surface area contributed by atoms with Crippen LogP contribution < -0.4 is 10.7 Å². The molecular weight excluding hydrogens is 376 g/mol. The zero-order valence-electron chi connectivity index (χ0n) is 15.0. The largest absolute Gasteiger partial charge is 0.361 e. The van der Waals surface area contributed by atoms with Crippen LogP contribution in [0.2, 0.25) is 5.02 Å². The number of hydrazone groups is 1. The predicted octanol–water partition coefficient (Wildman–Crippen LogP) is 3.34. The molecular formula is C21H19ClN4O2. The van der Waals surface area contributed by atoms with Crippen LogP contribution in [0.25, 0.3) is 10.9 Å². The van der Waals surface area contributed by atoms with Gasteiger partial charge in [0.05, 0.1) is 0 Å². The Kier molecular flexibility index (Phi) is 5.12. The summed E-state index contributed by atoms with van der Waals surface area (Å²) >= 11 is 6.47. The van der Waals surface area contributed by atoms with Crippen molar-refractivity contribution in [1.82, 2.24) is 15.7 Å². The van der Waals surface area contributed by atoms with Crippen molar-refractivity contribution in [1.29, 1.82) is 0 Å². The molecule has 0 bridgehead atoms. The number of carbonyl (C=O) groups excluding carboxylic acids is 2. The van der Waals surface area contributed by atoms with E-state index in [-0.39, 0.29) is 24.2 Å². The maximum absolute atomic E-state index is 12.5. The average Bonchev–Trinajstić information content (AvgIpc) is 3.14. The predicted molar refractivity (Wildman–Crippen MR) is 109 cm³/mol. The molecule has 1 aliphatic rings. The number of halogens is 1. The quantitative estimate of drug-likeness (QED) is 0.620. The summed E-state index contributed by atoms with van der Waals surface area (Å²) < 4.78 is 0. The minimum absolute atomic E-state index is 0.132. The van der Waals surface area contributed by atoms with Crippen LogP contribution in [0.1, 0.15) is 29.9 Å². The number of aromatic amines is 1. The molecule has 0 radical (unpaired) electrons. The second-order valence-electron chi connectivity index (χ2n) is 6.67. The van der Waals surface area contributed by atoms with E-state index >= 15 is 0 Å². The van der Waals surface area contributed by atoms with E-state index < -0.39 is 0 Å². The van der Waals surface area contributed by atoms with Crippen molar-refractivity contribution in [3.63, 3.8) is 0 Å². The van der Waals surface area contributed by atoms with Gasteiger partial charge in [-0.25, -0.2) is 5.43 Å². The summed E-state index contributed by atoms with van der Waals surface area (Å²) in [6.45, 7) is 0.359. The number of amides is 2. The van der Waals surface area contributed by atoms with Crippen LogP contribution in [0, 0.1) is 0 Å². The van der Waals surface area contributed by atoms with E-state index in [0.29, 0.717) is 23.7 Å². The molecule has 1 atom stereocenters. The van der Waals surface area contributed by atoms with E-state index in [1.165, 1.54) is 0 Å². The topological polar surface area (TPSA) is 86.3 Å². The van der Waals surface area contributed by atoms with Gasteiger partial charge in [-0.2, -0.15) is 5.10 Å². The second kappa shape index (κ2) is 7.86. The lowest BCUT2D eigenvalue weighted by Crippen LogP contribution is -2.38. The normalized spacial score (nSPS) is 15.0. The molecule has 3 aromatic rings. The highest BCUT2D eigenvalue weighted by Gasteiger charge is 2.23. The second-order valence-corrected chi connectivity index (χ2v) is 7.07. The Hall–Kier alpha value is -3.12. The van der Waals surface area contributed by atoms with Gasteiger partial charge in [0.2, 0.25) is 5.91 Å². The highest BCUT2D eigenvalue weighted by Crippen LogP contribution is 2.34. The first kappa shape index (κ1) is 18.3. The fourth-order valence-electron chi connectivity index (χ4n) is 3.46. The first-order valence-corrected chi connectivity index (χ1v) is 9.45. The number of para-hydroxylation sites is 1. The van der Waals surface area contributed by atoms with Gasteiger partial charge in [0.25, 0.3) is 5.91 Å². The Morgan fingerprint density at radius 2 is 1.89 bits per heavy atom. The maximum Gasteiger partial charge on any atom is 0.267 e. The zero-order valence-corrected chi connectivity index (χ0v) is 15.8. The number of fused-ring (bicyclic) bond motifs is 1. The van der Waals surface area contributed by atoms with Crippen LogP contribution in [0.3, 0.4) is 0 Å². The fraction of sp³-hybridized carbons (Fsp3) is 0.190. The molecule has 1 aromatic heterocycles. The lowest BCUT2D eigenvalue weighted by atomic mass is 9.90. The molecule has 7 heteroatoms. The molecule has 0 saturated carbocycles. The van der Waals surface area contributed by atoms with Gasteiger partial charge in [-0.1, -0.05) is 48.0 Å². The Balaban J connectivity index is 1.64. The van der Waals surface area contributed by atoms with Gasteiger partial charge in [0.15, 0.2) is 0 Å². The van der Waals surface area contributed by atoms with Gasteiger partial charge in [-0.3, -0.25) is 9.59 Å². The molecule has 3 N–H and O–H groups in total. The van der Waals surface area contributed by atoms with Crippen LogP contribution in [0.4, 0.5) is 0 Å². The maximum atomic E-state index is 12.5. The van der Waals surface area contributed by atoms with Gasteiger partial charge >= 0.3 is 0 Å². The Morgan fingerprint density at radius 1 is 1.11 bits per heavy atom. The van der Waals surface area contributed by atoms with Crippen LogP contribution in [-0.4, -0.2) is 29.1 Å². The van der Waals surface area contributed by atoms with Gasteiger partial charge in [0.1, 0.15) is 5.71 Å². The summed E-state index contributed by atoms with van der Waals surface area (Å²) in [5.41, 5.74) is 5.71. The smallest absolute Gasteiger partial charge is 0.267 e. The van der Waals surface area contributed by atoms with Gasteiger partial charge in [0, 0.05) is 47.4 Å². The first-order chi connectivity index (χ1) is 13.6. The van der Waals surface area contributed by atoms with Crippen LogP contribution >= 0.6 is 11.6 Å². The molecule has 2 amide bonds. The lowest BCUT2D eigenvalue weighted by molar-refractivity contribution is -0.121.